The van der Waals surface area contributed by atoms with Crippen molar-refractivity contribution in [2.75, 3.05) is 23.7 Å². The molecule has 2 N–H and O–H groups in total. The molecule has 0 spiro atoms. The lowest BCUT2D eigenvalue weighted by Crippen LogP contribution is -2.21. The molecule has 0 atom stereocenters. The maximum atomic E-state index is 9.73. The Morgan fingerprint density at radius 3 is 2.48 bits per heavy atom. The number of nitrogen functional groups attached to an aromatic ring is 1. The fraction of sp³-hybridized carbons (Fsp3) is 0.278. The van der Waals surface area contributed by atoms with Crippen LogP contribution in [0.15, 0.2) is 24.3 Å². The van der Waals surface area contributed by atoms with Gasteiger partial charge in [0.25, 0.3) is 0 Å². The number of anilines is 2. The van der Waals surface area contributed by atoms with Gasteiger partial charge in [-0.15, -0.1) is 0 Å². The average Bonchev–Trinajstić information content (AvgIpc) is 3.09. The van der Waals surface area contributed by atoms with Gasteiger partial charge in [-0.3, -0.25) is 0 Å². The molecule has 3 rings (SSSR count). The maximum absolute atomic E-state index is 9.73. The number of hydrogen-bond donors (Lipinski definition) is 1. The fourth-order valence-corrected chi connectivity index (χ4v) is 2.96. The number of hydrogen-bond acceptors (Lipinski definition) is 4. The van der Waals surface area contributed by atoms with Crippen molar-refractivity contribution in [3.63, 3.8) is 0 Å². The zero-order valence-corrected chi connectivity index (χ0v) is 13.0. The number of aromatic nitrogens is 1. The van der Waals surface area contributed by atoms with Gasteiger partial charge in [0.1, 0.15) is 17.7 Å². The second-order valence-electron chi connectivity index (χ2n) is 5.70. The van der Waals surface area contributed by atoms with Crippen LogP contribution >= 0.6 is 0 Å². The number of benzene rings is 1. The standard InChI is InChI=1S/C18H17N5/c1-12-5-7-13(8-6-12)15-14(11-19)18(23-9-3-4-10-23)22-17(20)16(15)21-2/h5-8H,3-4,9-10H2,1H3,(H2,20,22). The van der Waals surface area contributed by atoms with Crippen molar-refractivity contribution in [2.24, 2.45) is 0 Å². The topological polar surface area (TPSA) is 70.3 Å². The minimum absolute atomic E-state index is 0.191. The molecule has 2 heterocycles. The first-order valence-corrected chi connectivity index (χ1v) is 7.58. The summed E-state index contributed by atoms with van der Waals surface area (Å²) in [7, 11) is 0. The van der Waals surface area contributed by atoms with Crippen LogP contribution in [0.1, 0.15) is 24.0 Å². The van der Waals surface area contributed by atoms with Crippen molar-refractivity contribution in [2.45, 2.75) is 19.8 Å². The molecule has 0 unspecified atom stereocenters. The molecule has 1 saturated heterocycles. The Kier molecular flexibility index (Phi) is 3.87. The third-order valence-electron chi connectivity index (χ3n) is 4.15. The Bertz CT molecular complexity index is 818. The van der Waals surface area contributed by atoms with E-state index in [4.69, 9.17) is 12.3 Å². The Balaban J connectivity index is 2.29. The summed E-state index contributed by atoms with van der Waals surface area (Å²) in [6, 6.07) is 10.0. The van der Waals surface area contributed by atoms with Gasteiger partial charge < -0.3 is 10.6 Å². The van der Waals surface area contributed by atoms with Crippen molar-refractivity contribution >= 4 is 17.3 Å². The lowest BCUT2D eigenvalue weighted by molar-refractivity contribution is 0.937. The number of nitrogens with two attached hydrogens (primary N) is 1. The normalized spacial score (nSPS) is 13.6. The molecule has 0 amide bonds. The summed E-state index contributed by atoms with van der Waals surface area (Å²) < 4.78 is 0. The molecule has 0 bridgehead atoms. The van der Waals surface area contributed by atoms with Crippen LogP contribution in [0, 0.1) is 24.8 Å². The second kappa shape index (κ2) is 5.98. The van der Waals surface area contributed by atoms with Crippen LogP contribution in [0.5, 0.6) is 0 Å². The molecule has 0 aliphatic carbocycles. The number of aryl methyl sites for hydroxylation is 1. The molecule has 5 nitrogen and oxygen atoms in total. The van der Waals surface area contributed by atoms with Crippen LogP contribution < -0.4 is 10.6 Å². The zero-order chi connectivity index (χ0) is 16.4. The Morgan fingerprint density at radius 2 is 1.91 bits per heavy atom. The van der Waals surface area contributed by atoms with Crippen LogP contribution in [0.3, 0.4) is 0 Å². The number of rotatable bonds is 2. The van der Waals surface area contributed by atoms with Crippen molar-refractivity contribution in [1.29, 1.82) is 5.26 Å². The van der Waals surface area contributed by atoms with E-state index in [1.807, 2.05) is 31.2 Å². The fourth-order valence-electron chi connectivity index (χ4n) is 2.96. The lowest BCUT2D eigenvalue weighted by Gasteiger charge is -2.21. The predicted molar refractivity (Wildman–Crippen MR) is 91.2 cm³/mol. The Morgan fingerprint density at radius 1 is 1.26 bits per heavy atom. The van der Waals surface area contributed by atoms with E-state index < -0.39 is 0 Å². The first kappa shape index (κ1) is 14.9. The second-order valence-corrected chi connectivity index (χ2v) is 5.70. The third-order valence-corrected chi connectivity index (χ3v) is 4.15. The highest BCUT2D eigenvalue weighted by Gasteiger charge is 2.24. The lowest BCUT2D eigenvalue weighted by atomic mass is 9.98. The number of pyridine rings is 1. The van der Waals surface area contributed by atoms with Gasteiger partial charge in [-0.05, 0) is 25.3 Å². The largest absolute Gasteiger partial charge is 0.392 e. The van der Waals surface area contributed by atoms with Gasteiger partial charge in [0, 0.05) is 18.7 Å². The van der Waals surface area contributed by atoms with E-state index in [1.54, 1.807) is 0 Å². The third kappa shape index (κ3) is 2.58. The highest BCUT2D eigenvalue weighted by atomic mass is 15.2. The molecular formula is C18H17N5. The number of nitrogens with zero attached hydrogens (tertiary/aromatic N) is 4. The summed E-state index contributed by atoms with van der Waals surface area (Å²) in [5, 5.41) is 9.73. The zero-order valence-electron chi connectivity index (χ0n) is 13.0. The summed E-state index contributed by atoms with van der Waals surface area (Å²) >= 11 is 0. The molecule has 0 saturated carbocycles. The maximum Gasteiger partial charge on any atom is 0.237 e. The molecule has 1 aromatic heterocycles. The van der Waals surface area contributed by atoms with Crippen molar-refractivity contribution in [3.05, 3.63) is 46.8 Å². The monoisotopic (exact) mass is 303 g/mol. The molecule has 1 aromatic carbocycles. The van der Waals surface area contributed by atoms with E-state index in [0.29, 0.717) is 16.9 Å². The van der Waals surface area contributed by atoms with Crippen LogP contribution in [0.25, 0.3) is 16.0 Å². The van der Waals surface area contributed by atoms with E-state index in [2.05, 4.69) is 20.8 Å². The molecule has 1 aliphatic rings. The van der Waals surface area contributed by atoms with E-state index >= 15 is 0 Å². The van der Waals surface area contributed by atoms with Gasteiger partial charge >= 0.3 is 0 Å². The molecule has 2 aromatic rings. The summed E-state index contributed by atoms with van der Waals surface area (Å²) in [5.41, 5.74) is 9.27. The molecule has 1 fully saturated rings. The highest BCUT2D eigenvalue weighted by Crippen LogP contribution is 2.41. The van der Waals surface area contributed by atoms with E-state index in [-0.39, 0.29) is 11.5 Å². The van der Waals surface area contributed by atoms with Gasteiger partial charge in [-0.25, -0.2) is 9.83 Å². The number of nitriles is 1. The first-order valence-electron chi connectivity index (χ1n) is 7.58. The average molecular weight is 303 g/mol. The summed E-state index contributed by atoms with van der Waals surface area (Å²) in [6.45, 7) is 11.2. The molecule has 0 radical (unpaired) electrons. The predicted octanol–water partition coefficient (Wildman–Crippen LogP) is 3.66. The van der Waals surface area contributed by atoms with Crippen LogP contribution in [0.4, 0.5) is 17.3 Å². The van der Waals surface area contributed by atoms with Gasteiger partial charge in [0.2, 0.25) is 5.69 Å². The Labute approximate surface area is 135 Å². The molecule has 5 heteroatoms. The summed E-state index contributed by atoms with van der Waals surface area (Å²) in [5.74, 6) is 0.793. The van der Waals surface area contributed by atoms with Gasteiger partial charge in [-0.2, -0.15) is 5.26 Å². The quantitative estimate of drug-likeness (QED) is 0.859. The highest BCUT2D eigenvalue weighted by molar-refractivity contribution is 5.92. The summed E-state index contributed by atoms with van der Waals surface area (Å²) in [6.07, 6.45) is 2.16. The first-order chi connectivity index (χ1) is 11.2. The molecule has 114 valence electrons. The molecule has 23 heavy (non-hydrogen) atoms. The van der Waals surface area contributed by atoms with Crippen molar-refractivity contribution in [1.82, 2.24) is 4.98 Å². The SMILES string of the molecule is [C-]#[N+]c1c(N)nc(N2CCCC2)c(C#N)c1-c1ccc(C)cc1. The molecule has 1 aliphatic heterocycles. The van der Waals surface area contributed by atoms with E-state index in [0.717, 1.165) is 37.1 Å². The van der Waals surface area contributed by atoms with Gasteiger partial charge in [0.15, 0.2) is 0 Å². The summed E-state index contributed by atoms with van der Waals surface area (Å²) in [4.78, 5) is 9.99. The van der Waals surface area contributed by atoms with Crippen LogP contribution in [0.2, 0.25) is 0 Å². The minimum atomic E-state index is 0.191. The van der Waals surface area contributed by atoms with Gasteiger partial charge in [0.05, 0.1) is 12.1 Å². The van der Waals surface area contributed by atoms with Crippen molar-refractivity contribution in [3.8, 4) is 17.2 Å². The Hall–Kier alpha value is -3.05. The van der Waals surface area contributed by atoms with Crippen LogP contribution in [-0.4, -0.2) is 18.1 Å². The minimum Gasteiger partial charge on any atom is -0.392 e. The van der Waals surface area contributed by atoms with E-state index in [1.165, 1.54) is 0 Å². The smallest absolute Gasteiger partial charge is 0.237 e. The van der Waals surface area contributed by atoms with Crippen molar-refractivity contribution < 1.29 is 0 Å². The van der Waals surface area contributed by atoms with E-state index in [9.17, 15) is 5.26 Å². The van der Waals surface area contributed by atoms with Crippen LogP contribution in [-0.2, 0) is 0 Å². The molecular weight excluding hydrogens is 286 g/mol. The van der Waals surface area contributed by atoms with Gasteiger partial charge in [-0.1, -0.05) is 29.8 Å².